The Bertz CT molecular complexity index is 1790. The summed E-state index contributed by atoms with van der Waals surface area (Å²) in [6.45, 7) is 0.143. The smallest absolute Gasteiger partial charge is 0.490 e. The van der Waals surface area contributed by atoms with Gasteiger partial charge in [0.2, 0.25) is 5.91 Å². The molecule has 4 aromatic rings. The van der Waals surface area contributed by atoms with Gasteiger partial charge in [0.05, 0.1) is 19.9 Å². The van der Waals surface area contributed by atoms with Crippen LogP contribution in [-0.4, -0.2) is 50.8 Å². The topological polar surface area (TPSA) is 208 Å². The Kier molecular flexibility index (Phi) is 11.0. The molecular formula is C28H29F3N6O7S. The largest absolute Gasteiger partial charge is 0.493 e. The number of alkyl halides is 3. The number of rotatable bonds is 10. The highest BCUT2D eigenvalue weighted by Gasteiger charge is 2.38. The number of carbonyl (C=O) groups is 2. The third kappa shape index (κ3) is 9.87. The number of anilines is 3. The van der Waals surface area contributed by atoms with E-state index in [-0.39, 0.29) is 12.5 Å². The number of hydrogen-bond acceptors (Lipinski definition) is 9. The van der Waals surface area contributed by atoms with E-state index in [9.17, 15) is 26.4 Å². The zero-order valence-electron chi connectivity index (χ0n) is 23.8. The van der Waals surface area contributed by atoms with Gasteiger partial charge >= 0.3 is 12.1 Å². The second kappa shape index (κ2) is 14.5. The number of nitrogens with two attached hydrogens (primary N) is 2. The number of halogens is 3. The van der Waals surface area contributed by atoms with Gasteiger partial charge < -0.3 is 30.9 Å². The number of nitrogen functional groups attached to an aromatic ring is 1. The molecule has 0 bridgehead atoms. The summed E-state index contributed by atoms with van der Waals surface area (Å²) in [6.07, 6.45) is -3.46. The fourth-order valence-electron chi connectivity index (χ4n) is 3.99. The number of carboxylic acids is 1. The average molecular weight is 651 g/mol. The average Bonchev–Trinajstić information content (AvgIpc) is 2.97. The number of ether oxygens (including phenoxy) is 2. The van der Waals surface area contributed by atoms with E-state index in [4.69, 9.17) is 30.2 Å². The predicted molar refractivity (Wildman–Crippen MR) is 161 cm³/mol. The van der Waals surface area contributed by atoms with Gasteiger partial charge in [-0.05, 0) is 65.0 Å². The van der Waals surface area contributed by atoms with Crippen LogP contribution in [0.3, 0.4) is 0 Å². The zero-order chi connectivity index (χ0) is 33.4. The van der Waals surface area contributed by atoms with Crippen molar-refractivity contribution in [2.75, 3.05) is 30.0 Å². The number of nitrogens with one attached hydrogen (secondary N) is 3. The number of hydrogen-bond donors (Lipinski definition) is 6. The quantitative estimate of drug-likeness (QED) is 0.147. The summed E-state index contributed by atoms with van der Waals surface area (Å²) in [5.41, 5.74) is 8.27. The van der Waals surface area contributed by atoms with Gasteiger partial charge in [-0.1, -0.05) is 18.2 Å². The molecular weight excluding hydrogens is 621 g/mol. The molecule has 0 radical (unpaired) electrons. The van der Waals surface area contributed by atoms with Gasteiger partial charge in [0, 0.05) is 23.8 Å². The summed E-state index contributed by atoms with van der Waals surface area (Å²) in [5, 5.41) is 20.1. The van der Waals surface area contributed by atoms with Crippen molar-refractivity contribution < 1.29 is 45.8 Å². The van der Waals surface area contributed by atoms with Crippen molar-refractivity contribution in [3.8, 4) is 11.5 Å². The molecule has 45 heavy (non-hydrogen) atoms. The van der Waals surface area contributed by atoms with Gasteiger partial charge in [-0.15, -0.1) is 0 Å². The molecule has 3 aromatic carbocycles. The van der Waals surface area contributed by atoms with Crippen LogP contribution in [0.15, 0.2) is 72.9 Å². The first-order valence-electron chi connectivity index (χ1n) is 12.7. The van der Waals surface area contributed by atoms with Crippen molar-refractivity contribution >= 4 is 50.1 Å². The SMILES string of the molecule is COc1ccc(C(Nc2ccc3c(N)nccc3c2)C(=O)NCc2cccc(NS(N)(=O)=O)c2)cc1OC.O=C(O)C(F)(F)F. The van der Waals surface area contributed by atoms with Gasteiger partial charge in [0.25, 0.3) is 10.2 Å². The van der Waals surface area contributed by atoms with Gasteiger partial charge in [0.1, 0.15) is 11.9 Å². The fourth-order valence-corrected chi connectivity index (χ4v) is 4.45. The summed E-state index contributed by atoms with van der Waals surface area (Å²) in [5.74, 6) is -1.65. The van der Waals surface area contributed by atoms with E-state index in [1.54, 1.807) is 48.7 Å². The standard InChI is InChI=1S/C26H28N6O5S.C2HF3O2/c1-36-22-9-6-18(14-23(22)37-2)24(31-19-7-8-21-17(13-19)10-11-29-25(21)27)26(33)30-15-16-4-3-5-20(12-16)32-38(28,34)35;3-2(4,5)1(6)7/h3-14,24,31-32H,15H2,1-2H3,(H2,27,29)(H,30,33)(H2,28,34,35);(H,6,7). The number of nitrogens with zero attached hydrogens (tertiary/aromatic N) is 1. The van der Waals surface area contributed by atoms with E-state index in [2.05, 4.69) is 20.3 Å². The van der Waals surface area contributed by atoms with Crippen molar-refractivity contribution in [3.63, 3.8) is 0 Å². The minimum absolute atomic E-state index is 0.143. The van der Waals surface area contributed by atoms with E-state index < -0.39 is 28.4 Å². The maximum atomic E-state index is 13.5. The van der Waals surface area contributed by atoms with Crippen LogP contribution < -0.4 is 35.7 Å². The minimum Gasteiger partial charge on any atom is -0.493 e. The van der Waals surface area contributed by atoms with E-state index >= 15 is 0 Å². The second-order valence-corrected chi connectivity index (χ2v) is 10.5. The highest BCUT2D eigenvalue weighted by atomic mass is 32.2. The number of benzene rings is 3. The molecule has 17 heteroatoms. The monoisotopic (exact) mass is 650 g/mol. The molecule has 1 amide bonds. The molecule has 13 nitrogen and oxygen atoms in total. The molecule has 0 fully saturated rings. The van der Waals surface area contributed by atoms with E-state index in [1.165, 1.54) is 14.2 Å². The molecule has 8 N–H and O–H groups in total. The molecule has 1 unspecified atom stereocenters. The van der Waals surface area contributed by atoms with Crippen molar-refractivity contribution in [2.24, 2.45) is 5.14 Å². The highest BCUT2D eigenvalue weighted by molar-refractivity contribution is 7.90. The van der Waals surface area contributed by atoms with Crippen LogP contribution in [-0.2, 0) is 26.3 Å². The van der Waals surface area contributed by atoms with Crippen molar-refractivity contribution in [3.05, 3.63) is 84.1 Å². The number of fused-ring (bicyclic) bond motifs is 1. The lowest BCUT2D eigenvalue weighted by Crippen LogP contribution is -2.33. The third-order valence-corrected chi connectivity index (χ3v) is 6.53. The first kappa shape index (κ1) is 34.2. The molecule has 1 atom stereocenters. The van der Waals surface area contributed by atoms with Crippen molar-refractivity contribution in [1.29, 1.82) is 0 Å². The molecule has 0 saturated carbocycles. The number of carbonyl (C=O) groups excluding carboxylic acids is 1. The number of carboxylic acid groups (broad SMARTS) is 1. The molecule has 1 heterocycles. The maximum Gasteiger partial charge on any atom is 0.490 e. The Morgan fingerprint density at radius 3 is 2.29 bits per heavy atom. The highest BCUT2D eigenvalue weighted by Crippen LogP contribution is 2.32. The van der Waals surface area contributed by atoms with Gasteiger partial charge in [-0.3, -0.25) is 9.52 Å². The van der Waals surface area contributed by atoms with E-state index in [0.29, 0.717) is 39.8 Å². The first-order valence-corrected chi connectivity index (χ1v) is 14.3. The number of methoxy groups -OCH3 is 2. The lowest BCUT2D eigenvalue weighted by molar-refractivity contribution is -0.192. The molecule has 240 valence electrons. The van der Waals surface area contributed by atoms with Gasteiger partial charge in [0.15, 0.2) is 11.5 Å². The summed E-state index contributed by atoms with van der Waals surface area (Å²) >= 11 is 0. The lowest BCUT2D eigenvalue weighted by atomic mass is 10.0. The first-order chi connectivity index (χ1) is 21.1. The van der Waals surface area contributed by atoms with Crippen LogP contribution in [0, 0.1) is 0 Å². The number of aliphatic carboxylic acids is 1. The summed E-state index contributed by atoms with van der Waals surface area (Å²) in [4.78, 5) is 26.5. The molecule has 0 aliphatic heterocycles. The molecule has 0 aliphatic rings. The number of pyridine rings is 1. The van der Waals surface area contributed by atoms with E-state index in [0.717, 1.165) is 10.8 Å². The maximum absolute atomic E-state index is 13.5. The van der Waals surface area contributed by atoms with Crippen molar-refractivity contribution in [2.45, 2.75) is 18.8 Å². The number of aromatic nitrogens is 1. The molecule has 0 aliphatic carbocycles. The Morgan fingerprint density at radius 1 is 0.978 bits per heavy atom. The van der Waals surface area contributed by atoms with Crippen LogP contribution in [0.2, 0.25) is 0 Å². The Labute approximate surface area is 255 Å². The summed E-state index contributed by atoms with van der Waals surface area (Å²) in [6, 6.07) is 18.4. The Balaban J connectivity index is 0.000000707. The molecule has 4 rings (SSSR count). The third-order valence-electron chi connectivity index (χ3n) is 6.01. The van der Waals surface area contributed by atoms with Crippen LogP contribution >= 0.6 is 0 Å². The van der Waals surface area contributed by atoms with Crippen LogP contribution in [0.25, 0.3) is 10.8 Å². The van der Waals surface area contributed by atoms with Crippen molar-refractivity contribution in [1.82, 2.24) is 10.3 Å². The van der Waals surface area contributed by atoms with Crippen LogP contribution in [0.1, 0.15) is 17.2 Å². The fraction of sp³-hybridized carbons (Fsp3) is 0.179. The second-order valence-electron chi connectivity index (χ2n) is 9.19. The normalized spacial score (nSPS) is 11.9. The van der Waals surface area contributed by atoms with Crippen LogP contribution in [0.4, 0.5) is 30.4 Å². The predicted octanol–water partition coefficient (Wildman–Crippen LogP) is 3.55. The number of amides is 1. The molecule has 0 saturated heterocycles. The van der Waals surface area contributed by atoms with Gasteiger partial charge in [-0.2, -0.15) is 21.6 Å². The van der Waals surface area contributed by atoms with Crippen LogP contribution in [0.5, 0.6) is 11.5 Å². The molecule has 1 aromatic heterocycles. The van der Waals surface area contributed by atoms with E-state index in [1.807, 2.05) is 24.3 Å². The lowest BCUT2D eigenvalue weighted by Gasteiger charge is -2.22. The Hall–Kier alpha value is -5.29. The minimum atomic E-state index is -5.08. The zero-order valence-corrected chi connectivity index (χ0v) is 24.6. The molecule has 0 spiro atoms. The Morgan fingerprint density at radius 2 is 1.67 bits per heavy atom. The van der Waals surface area contributed by atoms with Gasteiger partial charge in [-0.25, -0.2) is 14.9 Å². The summed E-state index contributed by atoms with van der Waals surface area (Å²) in [7, 11) is -0.863. The summed E-state index contributed by atoms with van der Waals surface area (Å²) < 4.78 is 67.4.